The van der Waals surface area contributed by atoms with E-state index in [-0.39, 0.29) is 11.6 Å². The molecule has 0 saturated heterocycles. The van der Waals surface area contributed by atoms with Crippen molar-refractivity contribution in [2.75, 3.05) is 19.0 Å². The Morgan fingerprint density at radius 3 is 2.42 bits per heavy atom. The van der Waals surface area contributed by atoms with E-state index in [1.807, 2.05) is 55.5 Å². The van der Waals surface area contributed by atoms with Crippen LogP contribution in [0.25, 0.3) is 10.8 Å². The van der Waals surface area contributed by atoms with Crippen molar-refractivity contribution in [3.05, 3.63) is 72.3 Å². The number of benzene rings is 3. The van der Waals surface area contributed by atoms with Gasteiger partial charge in [-0.2, -0.15) is 0 Å². The van der Waals surface area contributed by atoms with E-state index in [0.29, 0.717) is 25.4 Å². The second-order valence-electron chi connectivity index (χ2n) is 7.21. The average Bonchev–Trinajstić information content (AvgIpc) is 2.80. The van der Waals surface area contributed by atoms with Gasteiger partial charge in [-0.1, -0.05) is 60.7 Å². The first-order valence-corrected chi connectivity index (χ1v) is 12.7. The number of thioether (sulfide) groups is 1. The molecular weight excluding hydrogens is 427 g/mol. The van der Waals surface area contributed by atoms with Crippen LogP contribution in [-0.4, -0.2) is 30.6 Å². The van der Waals surface area contributed by atoms with E-state index in [9.17, 15) is 9.36 Å². The van der Waals surface area contributed by atoms with Gasteiger partial charge in [0.25, 0.3) is 0 Å². The SMILES string of the molecule is CCOC(=O)C(Cc1ccccc1)C(CSc1c(OCC)ccc2ccccc12)[PH2]=O. The summed E-state index contributed by atoms with van der Waals surface area (Å²) in [6.45, 7) is 4.65. The van der Waals surface area contributed by atoms with Crippen molar-refractivity contribution >= 4 is 37.0 Å². The summed E-state index contributed by atoms with van der Waals surface area (Å²) in [6, 6.07) is 22.1. The molecule has 3 aromatic carbocycles. The molecule has 0 saturated carbocycles. The topological polar surface area (TPSA) is 52.6 Å². The van der Waals surface area contributed by atoms with E-state index in [1.54, 1.807) is 18.7 Å². The van der Waals surface area contributed by atoms with Crippen LogP contribution in [-0.2, 0) is 20.5 Å². The molecule has 0 aliphatic heterocycles. The highest BCUT2D eigenvalue weighted by Gasteiger charge is 2.30. The number of ether oxygens (including phenoxy) is 2. The van der Waals surface area contributed by atoms with Crippen LogP contribution >= 0.6 is 20.2 Å². The molecule has 0 bridgehead atoms. The molecule has 0 aliphatic rings. The molecule has 3 rings (SSSR count). The van der Waals surface area contributed by atoms with Gasteiger partial charge in [0.2, 0.25) is 0 Å². The molecule has 3 aromatic rings. The minimum Gasteiger partial charge on any atom is -0.493 e. The quantitative estimate of drug-likeness (QED) is 0.205. The Bertz CT molecular complexity index is 1010. The van der Waals surface area contributed by atoms with Crippen LogP contribution in [0, 0.1) is 5.92 Å². The maximum absolute atomic E-state index is 12.8. The summed E-state index contributed by atoms with van der Waals surface area (Å²) >= 11 is 1.61. The fourth-order valence-electron chi connectivity index (χ4n) is 3.60. The fourth-order valence-corrected chi connectivity index (χ4v) is 5.89. The zero-order chi connectivity index (χ0) is 22.1. The van der Waals surface area contributed by atoms with Crippen LogP contribution < -0.4 is 4.74 Å². The first-order chi connectivity index (χ1) is 15.2. The number of esters is 1. The predicted octanol–water partition coefficient (Wildman–Crippen LogP) is 5.88. The fraction of sp³-hybridized carbons (Fsp3) is 0.320. The van der Waals surface area contributed by atoms with Crippen molar-refractivity contribution in [3.8, 4) is 5.75 Å². The number of hydrogen-bond donors (Lipinski definition) is 0. The van der Waals surface area contributed by atoms with Gasteiger partial charge in [-0.05, 0) is 42.7 Å². The molecule has 164 valence electrons. The third-order valence-corrected chi connectivity index (χ3v) is 7.80. The Kier molecular flexibility index (Phi) is 9.05. The van der Waals surface area contributed by atoms with E-state index >= 15 is 0 Å². The number of rotatable bonds is 11. The Morgan fingerprint density at radius 1 is 0.968 bits per heavy atom. The van der Waals surface area contributed by atoms with E-state index < -0.39 is 14.4 Å². The van der Waals surface area contributed by atoms with E-state index in [4.69, 9.17) is 9.47 Å². The Morgan fingerprint density at radius 2 is 1.71 bits per heavy atom. The van der Waals surface area contributed by atoms with E-state index in [0.717, 1.165) is 27.0 Å². The van der Waals surface area contributed by atoms with Crippen molar-refractivity contribution in [3.63, 3.8) is 0 Å². The Hall–Kier alpha value is -2.23. The molecular formula is C25H29O4PS. The highest BCUT2D eigenvalue weighted by Crippen LogP contribution is 2.39. The van der Waals surface area contributed by atoms with Gasteiger partial charge in [-0.25, -0.2) is 0 Å². The zero-order valence-electron chi connectivity index (χ0n) is 18.0. The van der Waals surface area contributed by atoms with Gasteiger partial charge in [-0.3, -0.25) is 4.79 Å². The summed E-state index contributed by atoms with van der Waals surface area (Å²) in [5.74, 6) is 0.668. The lowest BCUT2D eigenvalue weighted by atomic mass is 9.96. The number of hydrogen-bond acceptors (Lipinski definition) is 5. The minimum absolute atomic E-state index is 0.266. The van der Waals surface area contributed by atoms with Crippen LogP contribution in [0.5, 0.6) is 5.75 Å². The van der Waals surface area contributed by atoms with Crippen LogP contribution in [0.2, 0.25) is 0 Å². The molecule has 0 fully saturated rings. The molecule has 6 heteroatoms. The molecule has 0 radical (unpaired) electrons. The maximum Gasteiger partial charge on any atom is 0.310 e. The molecule has 0 aliphatic carbocycles. The largest absolute Gasteiger partial charge is 0.493 e. The maximum atomic E-state index is 12.8. The minimum atomic E-state index is -1.15. The lowest BCUT2D eigenvalue weighted by Gasteiger charge is -2.22. The van der Waals surface area contributed by atoms with Crippen molar-refractivity contribution in [1.82, 2.24) is 0 Å². The third-order valence-electron chi connectivity index (χ3n) is 5.14. The highest BCUT2D eigenvalue weighted by atomic mass is 32.2. The molecule has 0 heterocycles. The molecule has 0 N–H and O–H groups in total. The molecule has 3 unspecified atom stereocenters. The summed E-state index contributed by atoms with van der Waals surface area (Å²) in [6.07, 6.45) is 0.522. The van der Waals surface area contributed by atoms with Gasteiger partial charge in [0.05, 0.1) is 32.5 Å². The number of fused-ring (bicyclic) bond motifs is 1. The summed E-state index contributed by atoms with van der Waals surface area (Å²) in [7, 11) is -1.15. The third kappa shape index (κ3) is 6.15. The van der Waals surface area contributed by atoms with Crippen LogP contribution in [0.15, 0.2) is 71.6 Å². The van der Waals surface area contributed by atoms with Gasteiger partial charge >= 0.3 is 5.97 Å². The van der Waals surface area contributed by atoms with Crippen LogP contribution in [0.1, 0.15) is 19.4 Å². The first-order valence-electron chi connectivity index (χ1n) is 10.6. The monoisotopic (exact) mass is 456 g/mol. The number of carbonyl (C=O) groups is 1. The van der Waals surface area contributed by atoms with Crippen molar-refractivity contribution in [2.24, 2.45) is 5.92 Å². The predicted molar refractivity (Wildman–Crippen MR) is 130 cm³/mol. The summed E-state index contributed by atoms with van der Waals surface area (Å²) in [4.78, 5) is 13.8. The lowest BCUT2D eigenvalue weighted by molar-refractivity contribution is -0.147. The molecule has 3 atom stereocenters. The lowest BCUT2D eigenvalue weighted by Crippen LogP contribution is -2.30. The summed E-state index contributed by atoms with van der Waals surface area (Å²) < 4.78 is 23.5. The Labute approximate surface area is 189 Å². The van der Waals surface area contributed by atoms with E-state index in [1.165, 1.54) is 0 Å². The molecule has 0 amide bonds. The van der Waals surface area contributed by atoms with Gasteiger partial charge in [0, 0.05) is 11.4 Å². The van der Waals surface area contributed by atoms with E-state index in [2.05, 4.69) is 18.2 Å². The Balaban J connectivity index is 1.87. The highest BCUT2D eigenvalue weighted by molar-refractivity contribution is 7.99. The van der Waals surface area contributed by atoms with Crippen LogP contribution in [0.4, 0.5) is 0 Å². The second-order valence-corrected chi connectivity index (χ2v) is 9.36. The second kappa shape index (κ2) is 12.0. The van der Waals surface area contributed by atoms with Crippen molar-refractivity contribution < 1.29 is 18.8 Å². The molecule has 0 spiro atoms. The smallest absolute Gasteiger partial charge is 0.310 e. The molecule has 0 aromatic heterocycles. The summed E-state index contributed by atoms with van der Waals surface area (Å²) in [5, 5.41) is 2.24. The first kappa shape index (κ1) is 23.4. The van der Waals surface area contributed by atoms with Gasteiger partial charge in [0.15, 0.2) is 0 Å². The van der Waals surface area contributed by atoms with Crippen molar-refractivity contribution in [2.45, 2.75) is 30.8 Å². The molecule has 31 heavy (non-hydrogen) atoms. The average molecular weight is 457 g/mol. The number of carbonyl (C=O) groups excluding carboxylic acids is 1. The normalized spacial score (nSPS) is 13.4. The molecule has 4 nitrogen and oxygen atoms in total. The zero-order valence-corrected chi connectivity index (χ0v) is 19.9. The van der Waals surface area contributed by atoms with Gasteiger partial charge in [0.1, 0.15) is 5.75 Å². The van der Waals surface area contributed by atoms with Crippen LogP contribution in [0.3, 0.4) is 0 Å². The summed E-state index contributed by atoms with van der Waals surface area (Å²) in [5.41, 5.74) is 0.779. The van der Waals surface area contributed by atoms with Gasteiger partial charge in [-0.15, -0.1) is 11.8 Å². The standard InChI is InChI=1S/C25H29O4PS/c1-3-28-22-15-14-19-12-8-9-13-20(19)24(22)31-17-23(30-27)21(25(26)29-4-2)16-18-10-6-5-7-11-18/h5-15,21,23H,3-4,16-17,30H2,1-2H3. The van der Waals surface area contributed by atoms with Gasteiger partial charge < -0.3 is 14.0 Å². The van der Waals surface area contributed by atoms with Crippen molar-refractivity contribution in [1.29, 1.82) is 0 Å².